The van der Waals surface area contributed by atoms with Crippen LogP contribution in [0.25, 0.3) is 0 Å². The zero-order valence-corrected chi connectivity index (χ0v) is 19.8. The number of carbonyl (C=O) groups excluding carboxylic acids is 1. The maximum atomic E-state index is 14.5. The molecule has 0 spiro atoms. The van der Waals surface area contributed by atoms with E-state index in [9.17, 15) is 9.18 Å². The molecule has 4 rings (SSSR count). The van der Waals surface area contributed by atoms with Gasteiger partial charge in [0.15, 0.2) is 17.3 Å². The van der Waals surface area contributed by atoms with Crippen molar-refractivity contribution < 1.29 is 18.7 Å². The molecule has 0 saturated heterocycles. The van der Waals surface area contributed by atoms with E-state index in [2.05, 4.69) is 0 Å². The van der Waals surface area contributed by atoms with Crippen molar-refractivity contribution in [2.45, 2.75) is 19.3 Å². The minimum absolute atomic E-state index is 0.160. The second-order valence-electron chi connectivity index (χ2n) is 8.39. The van der Waals surface area contributed by atoms with E-state index in [1.54, 1.807) is 14.2 Å². The highest BCUT2D eigenvalue weighted by Crippen LogP contribution is 2.45. The molecule has 0 N–H and O–H groups in total. The van der Waals surface area contributed by atoms with Crippen LogP contribution in [-0.2, 0) is 5.41 Å². The van der Waals surface area contributed by atoms with Crippen molar-refractivity contribution in [1.29, 1.82) is 0 Å². The summed E-state index contributed by atoms with van der Waals surface area (Å²) in [5.74, 6) is 0.545. The van der Waals surface area contributed by atoms with Crippen LogP contribution in [-0.4, -0.2) is 20.0 Å². The summed E-state index contributed by atoms with van der Waals surface area (Å²) < 4.78 is 24.8. The molecule has 4 aromatic carbocycles. The van der Waals surface area contributed by atoms with Crippen LogP contribution in [0.5, 0.6) is 11.5 Å². The Bertz CT molecular complexity index is 1250. The van der Waals surface area contributed by atoms with E-state index >= 15 is 0 Å². The summed E-state index contributed by atoms with van der Waals surface area (Å²) in [6.45, 7) is 4.02. The number of carbonyl (C=O) groups is 1. The second-order valence-corrected chi connectivity index (χ2v) is 8.39. The molecule has 0 aliphatic heterocycles. The van der Waals surface area contributed by atoms with Crippen LogP contribution < -0.4 is 9.47 Å². The fourth-order valence-corrected chi connectivity index (χ4v) is 4.39. The minimum Gasteiger partial charge on any atom is -0.493 e. The van der Waals surface area contributed by atoms with Gasteiger partial charge in [-0.3, -0.25) is 4.79 Å². The van der Waals surface area contributed by atoms with Crippen LogP contribution in [0.1, 0.15) is 38.2 Å². The number of benzene rings is 4. The van der Waals surface area contributed by atoms with Gasteiger partial charge in [-0.25, -0.2) is 4.39 Å². The van der Waals surface area contributed by atoms with Crippen LogP contribution in [0, 0.1) is 19.7 Å². The van der Waals surface area contributed by atoms with E-state index in [4.69, 9.17) is 9.47 Å². The van der Waals surface area contributed by atoms with Crippen molar-refractivity contribution in [2.75, 3.05) is 14.2 Å². The first kappa shape index (κ1) is 23.2. The third-order valence-electron chi connectivity index (χ3n) is 6.23. The standard InChI is InChI=1S/C30H27FO3/c1-20-5-11-23(12-6-20)30(24-13-7-21(2)8-14-24,29(32)22-9-16-26(31)17-10-22)25-15-18-27(33-3)28(19-25)34-4/h5-19H,1-4H3. The summed E-state index contributed by atoms with van der Waals surface area (Å²) in [4.78, 5) is 14.5. The molecule has 0 bridgehead atoms. The minimum atomic E-state index is -1.20. The van der Waals surface area contributed by atoms with E-state index < -0.39 is 5.41 Å². The SMILES string of the molecule is COc1ccc(C(C(=O)c2ccc(F)cc2)(c2ccc(C)cc2)c2ccc(C)cc2)cc1OC. The smallest absolute Gasteiger partial charge is 0.182 e. The van der Waals surface area contributed by atoms with E-state index in [-0.39, 0.29) is 11.6 Å². The van der Waals surface area contributed by atoms with Gasteiger partial charge in [-0.05, 0) is 66.9 Å². The quantitative estimate of drug-likeness (QED) is 0.231. The van der Waals surface area contributed by atoms with Crippen molar-refractivity contribution in [2.24, 2.45) is 0 Å². The molecule has 4 aromatic rings. The van der Waals surface area contributed by atoms with E-state index in [1.807, 2.05) is 80.6 Å². The van der Waals surface area contributed by atoms with E-state index in [0.29, 0.717) is 17.1 Å². The van der Waals surface area contributed by atoms with Crippen LogP contribution in [0.3, 0.4) is 0 Å². The van der Waals surface area contributed by atoms with Gasteiger partial charge >= 0.3 is 0 Å². The number of methoxy groups -OCH3 is 2. The largest absolute Gasteiger partial charge is 0.493 e. The maximum Gasteiger partial charge on any atom is 0.182 e. The highest BCUT2D eigenvalue weighted by molar-refractivity contribution is 6.09. The Morgan fingerprint density at radius 1 is 0.647 bits per heavy atom. The summed E-state index contributed by atoms with van der Waals surface area (Å²) in [6, 6.07) is 27.2. The molecule has 4 heteroatoms. The van der Waals surface area contributed by atoms with Crippen LogP contribution in [0.2, 0.25) is 0 Å². The van der Waals surface area contributed by atoms with Crippen molar-refractivity contribution in [3.63, 3.8) is 0 Å². The lowest BCUT2D eigenvalue weighted by molar-refractivity contribution is 0.0935. The van der Waals surface area contributed by atoms with Gasteiger partial charge in [-0.15, -0.1) is 0 Å². The summed E-state index contributed by atoms with van der Waals surface area (Å²) in [7, 11) is 3.15. The third kappa shape index (κ3) is 4.08. The average molecular weight is 455 g/mol. The Balaban J connectivity index is 2.11. The fourth-order valence-electron chi connectivity index (χ4n) is 4.39. The van der Waals surface area contributed by atoms with Gasteiger partial charge in [-0.2, -0.15) is 0 Å². The van der Waals surface area contributed by atoms with Gasteiger partial charge < -0.3 is 9.47 Å². The van der Waals surface area contributed by atoms with Gasteiger partial charge in [0.2, 0.25) is 0 Å². The molecule has 0 atom stereocenters. The van der Waals surface area contributed by atoms with Crippen LogP contribution >= 0.6 is 0 Å². The first-order valence-corrected chi connectivity index (χ1v) is 11.1. The zero-order chi connectivity index (χ0) is 24.3. The zero-order valence-electron chi connectivity index (χ0n) is 19.8. The van der Waals surface area contributed by atoms with Gasteiger partial charge in [0.25, 0.3) is 0 Å². The highest BCUT2D eigenvalue weighted by Gasteiger charge is 2.44. The van der Waals surface area contributed by atoms with Crippen LogP contribution in [0.15, 0.2) is 91.0 Å². The molecule has 34 heavy (non-hydrogen) atoms. The topological polar surface area (TPSA) is 35.5 Å². The van der Waals surface area contributed by atoms with Crippen LogP contribution in [0.4, 0.5) is 4.39 Å². The van der Waals surface area contributed by atoms with Crippen molar-refractivity contribution in [3.05, 3.63) is 130 Å². The Kier molecular flexibility index (Phi) is 6.51. The van der Waals surface area contributed by atoms with Gasteiger partial charge in [0.05, 0.1) is 14.2 Å². The average Bonchev–Trinajstić information content (AvgIpc) is 2.86. The van der Waals surface area contributed by atoms with E-state index in [1.165, 1.54) is 24.3 Å². The Labute approximate surface area is 199 Å². The van der Waals surface area contributed by atoms with Gasteiger partial charge in [0.1, 0.15) is 11.2 Å². The number of ether oxygens (including phenoxy) is 2. The number of halogens is 1. The number of Topliss-reactive ketones (excluding diaryl/α,β-unsaturated/α-hetero) is 1. The molecule has 0 radical (unpaired) electrons. The lowest BCUT2D eigenvalue weighted by atomic mass is 9.65. The molecule has 0 aromatic heterocycles. The lowest BCUT2D eigenvalue weighted by Gasteiger charge is -2.35. The number of rotatable bonds is 7. The summed E-state index contributed by atoms with van der Waals surface area (Å²) in [6.07, 6.45) is 0. The predicted molar refractivity (Wildman–Crippen MR) is 133 cm³/mol. The molecule has 0 saturated carbocycles. The number of ketones is 1. The summed E-state index contributed by atoms with van der Waals surface area (Å²) in [5, 5.41) is 0. The first-order chi connectivity index (χ1) is 16.4. The highest BCUT2D eigenvalue weighted by atomic mass is 19.1. The van der Waals surface area contributed by atoms with Gasteiger partial charge in [-0.1, -0.05) is 65.7 Å². The molecular weight excluding hydrogens is 427 g/mol. The monoisotopic (exact) mass is 454 g/mol. The number of hydrogen-bond donors (Lipinski definition) is 0. The molecular formula is C30H27FO3. The Morgan fingerprint density at radius 2 is 1.12 bits per heavy atom. The molecule has 3 nitrogen and oxygen atoms in total. The van der Waals surface area contributed by atoms with Crippen molar-refractivity contribution >= 4 is 5.78 Å². The summed E-state index contributed by atoms with van der Waals surface area (Å²) in [5.41, 5.74) is 3.74. The third-order valence-corrected chi connectivity index (χ3v) is 6.23. The second kappa shape index (κ2) is 9.52. The van der Waals surface area contributed by atoms with Gasteiger partial charge in [0, 0.05) is 5.56 Å². The number of aryl methyl sites for hydroxylation is 2. The molecule has 0 amide bonds. The van der Waals surface area contributed by atoms with E-state index in [0.717, 1.165) is 27.8 Å². The number of hydrogen-bond acceptors (Lipinski definition) is 3. The predicted octanol–water partition coefficient (Wildman–Crippen LogP) is 6.68. The molecule has 0 aliphatic rings. The lowest BCUT2D eigenvalue weighted by Crippen LogP contribution is -2.38. The molecule has 0 unspecified atom stereocenters. The molecule has 0 fully saturated rings. The first-order valence-electron chi connectivity index (χ1n) is 11.1. The molecule has 172 valence electrons. The Hall–Kier alpha value is -3.92. The molecule has 0 aliphatic carbocycles. The summed E-state index contributed by atoms with van der Waals surface area (Å²) >= 11 is 0. The Morgan fingerprint density at radius 3 is 1.59 bits per heavy atom. The van der Waals surface area contributed by atoms with Crippen molar-refractivity contribution in [1.82, 2.24) is 0 Å². The van der Waals surface area contributed by atoms with Crippen molar-refractivity contribution in [3.8, 4) is 11.5 Å². The maximum absolute atomic E-state index is 14.5. The normalized spacial score (nSPS) is 11.2. The molecule has 0 heterocycles. The fraction of sp³-hybridized carbons (Fsp3) is 0.167.